The largest absolute Gasteiger partial charge is 0.456 e. The van der Waals surface area contributed by atoms with Crippen molar-refractivity contribution in [3.05, 3.63) is 130 Å². The first kappa shape index (κ1) is 25.4. The number of rotatable bonds is 7. The molecule has 2 unspecified atom stereocenters. The summed E-state index contributed by atoms with van der Waals surface area (Å²) >= 11 is 0. The Hall–Kier alpha value is -4.29. The van der Waals surface area contributed by atoms with Crippen LogP contribution in [0.25, 0.3) is 11.1 Å². The number of amides is 1. The molecule has 0 spiro atoms. The van der Waals surface area contributed by atoms with Gasteiger partial charge in [0.25, 0.3) is 0 Å². The second kappa shape index (κ2) is 10.2. The lowest BCUT2D eigenvalue weighted by Gasteiger charge is -2.22. The molecule has 5 rings (SSSR count). The number of furan rings is 1. The number of benzene rings is 2. The van der Waals surface area contributed by atoms with Gasteiger partial charge in [-0.05, 0) is 74.2 Å². The van der Waals surface area contributed by atoms with Crippen molar-refractivity contribution >= 4 is 17.0 Å². The van der Waals surface area contributed by atoms with Gasteiger partial charge in [0.05, 0.1) is 18.2 Å². The van der Waals surface area contributed by atoms with Crippen LogP contribution in [-0.2, 0) is 16.8 Å². The fourth-order valence-electron chi connectivity index (χ4n) is 4.81. The Morgan fingerprint density at radius 2 is 1.79 bits per heavy atom. The van der Waals surface area contributed by atoms with E-state index in [0.717, 1.165) is 22.4 Å². The third kappa shape index (κ3) is 5.22. The van der Waals surface area contributed by atoms with Gasteiger partial charge in [0.1, 0.15) is 16.9 Å². The molecular formula is C32H31N3O3. The summed E-state index contributed by atoms with van der Waals surface area (Å²) in [5, 5.41) is 14.5. The zero-order valence-corrected chi connectivity index (χ0v) is 22.0. The first-order valence-corrected chi connectivity index (χ1v) is 12.7. The first-order chi connectivity index (χ1) is 18.2. The molecular weight excluding hydrogens is 474 g/mol. The molecule has 3 aromatic heterocycles. The number of fused-ring (bicyclic) bond motifs is 1. The van der Waals surface area contributed by atoms with Gasteiger partial charge in [-0.25, -0.2) is 4.98 Å². The summed E-state index contributed by atoms with van der Waals surface area (Å²) in [7, 11) is 0. The average Bonchev–Trinajstić information content (AvgIpc) is 3.33. The highest BCUT2D eigenvalue weighted by atomic mass is 16.4. The van der Waals surface area contributed by atoms with Gasteiger partial charge in [-0.3, -0.25) is 9.78 Å². The number of aliphatic hydroxyl groups is 1. The first-order valence-electron chi connectivity index (χ1n) is 12.7. The minimum Gasteiger partial charge on any atom is -0.456 e. The standard InChI is InChI=1S/C32H31N3O3/c1-20-10-12-26(21(2)16-20)31(23-8-6-5-7-9-23)35-30(36)18-25-11-13-28-27(34-25)19-29(38-28)32(4,37)24-14-15-33-22(3)17-24/h5-17,19,31,37H,18H2,1-4H3,(H,35,36). The third-order valence-electron chi connectivity index (χ3n) is 6.89. The highest BCUT2D eigenvalue weighted by molar-refractivity contribution is 5.81. The number of nitrogens with one attached hydrogen (secondary N) is 1. The van der Waals surface area contributed by atoms with Gasteiger partial charge in [-0.15, -0.1) is 0 Å². The van der Waals surface area contributed by atoms with Gasteiger partial charge in [0.2, 0.25) is 5.91 Å². The molecule has 0 aliphatic heterocycles. The highest BCUT2D eigenvalue weighted by Crippen LogP contribution is 2.33. The molecule has 2 N–H and O–H groups in total. The van der Waals surface area contributed by atoms with Crippen molar-refractivity contribution in [3.63, 3.8) is 0 Å². The van der Waals surface area contributed by atoms with Gasteiger partial charge >= 0.3 is 0 Å². The lowest BCUT2D eigenvalue weighted by Crippen LogP contribution is -2.31. The number of aryl methyl sites for hydroxylation is 3. The van der Waals surface area contributed by atoms with E-state index in [0.29, 0.717) is 28.1 Å². The van der Waals surface area contributed by atoms with Crippen LogP contribution in [0.1, 0.15) is 57.9 Å². The smallest absolute Gasteiger partial charge is 0.226 e. The fraction of sp³-hybridized carbons (Fsp3) is 0.219. The monoisotopic (exact) mass is 505 g/mol. The normalized spacial score (nSPS) is 13.7. The van der Waals surface area contributed by atoms with Crippen LogP contribution in [-0.4, -0.2) is 21.0 Å². The zero-order chi connectivity index (χ0) is 26.9. The molecule has 38 heavy (non-hydrogen) atoms. The van der Waals surface area contributed by atoms with Crippen LogP contribution < -0.4 is 5.32 Å². The van der Waals surface area contributed by atoms with Gasteiger partial charge in [-0.1, -0.05) is 54.1 Å². The predicted octanol–water partition coefficient (Wildman–Crippen LogP) is 5.85. The van der Waals surface area contributed by atoms with E-state index in [1.165, 1.54) is 5.56 Å². The Kier molecular flexibility index (Phi) is 6.83. The molecule has 6 heteroatoms. The van der Waals surface area contributed by atoms with E-state index in [1.807, 2.05) is 43.3 Å². The summed E-state index contributed by atoms with van der Waals surface area (Å²) in [5.74, 6) is 0.250. The summed E-state index contributed by atoms with van der Waals surface area (Å²) in [4.78, 5) is 22.1. The maximum absolute atomic E-state index is 13.2. The van der Waals surface area contributed by atoms with E-state index in [2.05, 4.69) is 47.3 Å². The summed E-state index contributed by atoms with van der Waals surface area (Å²) in [6.07, 6.45) is 1.78. The average molecular weight is 506 g/mol. The Bertz CT molecular complexity index is 1610. The summed E-state index contributed by atoms with van der Waals surface area (Å²) in [6.45, 7) is 7.69. The van der Waals surface area contributed by atoms with Crippen LogP contribution >= 0.6 is 0 Å². The summed E-state index contributed by atoms with van der Waals surface area (Å²) < 4.78 is 5.96. The summed E-state index contributed by atoms with van der Waals surface area (Å²) in [5.41, 5.74) is 6.28. The number of hydrogen-bond donors (Lipinski definition) is 2. The van der Waals surface area contributed by atoms with Crippen LogP contribution in [0.5, 0.6) is 0 Å². The van der Waals surface area contributed by atoms with Crippen molar-refractivity contribution in [2.75, 3.05) is 0 Å². The van der Waals surface area contributed by atoms with E-state index < -0.39 is 5.60 Å². The quantitative estimate of drug-likeness (QED) is 0.290. The second-order valence-corrected chi connectivity index (χ2v) is 10.0. The Morgan fingerprint density at radius 1 is 1.00 bits per heavy atom. The van der Waals surface area contributed by atoms with Gasteiger partial charge in [-0.2, -0.15) is 0 Å². The third-order valence-corrected chi connectivity index (χ3v) is 6.89. The van der Waals surface area contributed by atoms with Crippen LogP contribution in [0, 0.1) is 20.8 Å². The summed E-state index contributed by atoms with van der Waals surface area (Å²) in [6, 6.07) is 24.9. The molecule has 0 saturated heterocycles. The predicted molar refractivity (Wildman–Crippen MR) is 148 cm³/mol. The number of aromatic nitrogens is 2. The Labute approximate surface area is 222 Å². The van der Waals surface area contributed by atoms with Crippen molar-refractivity contribution in [2.45, 2.75) is 45.8 Å². The molecule has 0 bridgehead atoms. The van der Waals surface area contributed by atoms with E-state index in [9.17, 15) is 9.90 Å². The molecule has 192 valence electrons. The van der Waals surface area contributed by atoms with Crippen LogP contribution in [0.2, 0.25) is 0 Å². The van der Waals surface area contributed by atoms with Gasteiger partial charge in [0.15, 0.2) is 5.58 Å². The minimum absolute atomic E-state index is 0.116. The van der Waals surface area contributed by atoms with Crippen LogP contribution in [0.15, 0.2) is 89.5 Å². The van der Waals surface area contributed by atoms with Crippen molar-refractivity contribution in [2.24, 2.45) is 0 Å². The van der Waals surface area contributed by atoms with Crippen molar-refractivity contribution in [1.29, 1.82) is 0 Å². The van der Waals surface area contributed by atoms with Gasteiger partial charge < -0.3 is 14.8 Å². The molecule has 0 radical (unpaired) electrons. The molecule has 0 fully saturated rings. The molecule has 1 amide bonds. The van der Waals surface area contributed by atoms with Crippen molar-refractivity contribution in [3.8, 4) is 0 Å². The van der Waals surface area contributed by atoms with E-state index in [4.69, 9.17) is 4.42 Å². The molecule has 0 aliphatic rings. The van der Waals surface area contributed by atoms with E-state index >= 15 is 0 Å². The molecule has 2 aromatic carbocycles. The Balaban J connectivity index is 1.39. The van der Waals surface area contributed by atoms with Crippen molar-refractivity contribution < 1.29 is 14.3 Å². The molecule has 5 aromatic rings. The van der Waals surface area contributed by atoms with E-state index in [-0.39, 0.29) is 18.4 Å². The molecule has 0 aliphatic carbocycles. The maximum Gasteiger partial charge on any atom is 0.226 e. The second-order valence-electron chi connectivity index (χ2n) is 10.0. The Morgan fingerprint density at radius 3 is 2.53 bits per heavy atom. The number of hydrogen-bond acceptors (Lipinski definition) is 5. The topological polar surface area (TPSA) is 88.2 Å². The molecule has 2 atom stereocenters. The lowest BCUT2D eigenvalue weighted by molar-refractivity contribution is -0.121. The SMILES string of the molecule is Cc1ccc(C(NC(=O)Cc2ccc3oc(C(C)(O)c4ccnc(C)c4)cc3n2)c2ccccc2)c(C)c1. The minimum atomic E-state index is -1.35. The lowest BCUT2D eigenvalue weighted by atomic mass is 9.93. The molecule has 0 saturated carbocycles. The molecule has 6 nitrogen and oxygen atoms in total. The van der Waals surface area contributed by atoms with Crippen molar-refractivity contribution in [1.82, 2.24) is 15.3 Å². The maximum atomic E-state index is 13.2. The molecule has 3 heterocycles. The van der Waals surface area contributed by atoms with Gasteiger partial charge in [0, 0.05) is 18.0 Å². The zero-order valence-electron chi connectivity index (χ0n) is 22.0. The van der Waals surface area contributed by atoms with E-state index in [1.54, 1.807) is 37.4 Å². The highest BCUT2D eigenvalue weighted by Gasteiger charge is 2.30. The number of carbonyl (C=O) groups is 1. The number of pyridine rings is 2. The van der Waals surface area contributed by atoms with Crippen LogP contribution in [0.4, 0.5) is 0 Å². The van der Waals surface area contributed by atoms with Crippen LogP contribution in [0.3, 0.4) is 0 Å². The number of carbonyl (C=O) groups excluding carboxylic acids is 1. The number of nitrogens with zero attached hydrogens (tertiary/aromatic N) is 2. The fourth-order valence-corrected chi connectivity index (χ4v) is 4.81.